The van der Waals surface area contributed by atoms with Gasteiger partial charge in [0.2, 0.25) is 5.91 Å². The first-order valence-electron chi connectivity index (χ1n) is 9.17. The molecule has 1 saturated heterocycles. The maximum Gasteiger partial charge on any atom is 0.353 e. The lowest BCUT2D eigenvalue weighted by Gasteiger charge is -2.46. The number of thioether (sulfide) groups is 1. The highest BCUT2D eigenvalue weighted by atomic mass is 32.2. The maximum absolute atomic E-state index is 12.4. The molecule has 2 aliphatic heterocycles. The lowest BCUT2D eigenvalue weighted by Crippen LogP contribution is -2.63. The SMILES string of the molecule is CC(O)C1C(=O)N2C(C(=O)O)=C(Sc3nc(C4=CCC(=N)CC4)cs3)C(C)C12. The number of hydrogen-bond acceptors (Lipinski definition) is 7. The molecule has 7 nitrogen and oxygen atoms in total. The normalized spacial score (nSPS) is 28.2. The lowest BCUT2D eigenvalue weighted by atomic mass is 9.79. The average Bonchev–Trinajstić information content (AvgIpc) is 3.18. The van der Waals surface area contributed by atoms with Crippen molar-refractivity contribution in [2.45, 2.75) is 49.6 Å². The largest absolute Gasteiger partial charge is 0.477 e. The Balaban J connectivity index is 1.60. The van der Waals surface area contributed by atoms with E-state index in [1.807, 2.05) is 18.4 Å². The van der Waals surface area contributed by atoms with Crippen LogP contribution in [-0.4, -0.2) is 49.8 Å². The Morgan fingerprint density at radius 1 is 1.46 bits per heavy atom. The molecule has 1 amide bonds. The Hall–Kier alpha value is -1.97. The molecule has 9 heteroatoms. The predicted octanol–water partition coefficient (Wildman–Crippen LogP) is 2.98. The highest BCUT2D eigenvalue weighted by molar-refractivity contribution is 8.04. The molecule has 0 saturated carbocycles. The summed E-state index contributed by atoms with van der Waals surface area (Å²) in [4.78, 5) is 30.9. The Morgan fingerprint density at radius 2 is 2.21 bits per heavy atom. The van der Waals surface area contributed by atoms with Gasteiger partial charge in [-0.3, -0.25) is 4.79 Å². The van der Waals surface area contributed by atoms with Gasteiger partial charge in [0.25, 0.3) is 0 Å². The molecule has 3 aliphatic rings. The van der Waals surface area contributed by atoms with Gasteiger partial charge < -0.3 is 20.5 Å². The third-order valence-corrected chi connectivity index (χ3v) is 7.84. The Labute approximate surface area is 170 Å². The first-order chi connectivity index (χ1) is 13.3. The number of aliphatic carboxylic acids is 1. The first-order valence-corrected chi connectivity index (χ1v) is 10.9. The van der Waals surface area contributed by atoms with Gasteiger partial charge in [-0.2, -0.15) is 0 Å². The number of rotatable bonds is 5. The molecule has 4 atom stereocenters. The monoisotopic (exact) mass is 419 g/mol. The molecule has 1 aromatic rings. The van der Waals surface area contributed by atoms with Crippen molar-refractivity contribution < 1.29 is 19.8 Å². The third kappa shape index (κ3) is 3.01. The number of aliphatic hydroxyl groups is 1. The fraction of sp³-hybridized carbons (Fsp3) is 0.474. The number of carbonyl (C=O) groups excluding carboxylic acids is 1. The van der Waals surface area contributed by atoms with E-state index in [0.717, 1.165) is 34.2 Å². The van der Waals surface area contributed by atoms with Crippen LogP contribution in [0.4, 0.5) is 0 Å². The molecule has 0 spiro atoms. The maximum atomic E-state index is 12.4. The number of nitrogens with one attached hydrogen (secondary N) is 1. The van der Waals surface area contributed by atoms with E-state index < -0.39 is 18.0 Å². The number of thiazole rings is 1. The smallest absolute Gasteiger partial charge is 0.353 e. The minimum Gasteiger partial charge on any atom is -0.477 e. The second-order valence-corrected chi connectivity index (χ2v) is 9.56. The minimum absolute atomic E-state index is 0.0199. The van der Waals surface area contributed by atoms with E-state index in [4.69, 9.17) is 5.41 Å². The van der Waals surface area contributed by atoms with Crippen molar-refractivity contribution in [3.8, 4) is 0 Å². The van der Waals surface area contributed by atoms with Gasteiger partial charge in [0.15, 0.2) is 4.34 Å². The molecule has 0 radical (unpaired) electrons. The van der Waals surface area contributed by atoms with Crippen LogP contribution in [0.25, 0.3) is 5.57 Å². The second-order valence-electron chi connectivity index (χ2n) is 7.41. The summed E-state index contributed by atoms with van der Waals surface area (Å²) in [5.74, 6) is -2.18. The van der Waals surface area contributed by atoms with Crippen LogP contribution >= 0.6 is 23.1 Å². The number of aliphatic hydroxyl groups excluding tert-OH is 1. The molecule has 28 heavy (non-hydrogen) atoms. The molecule has 1 aromatic heterocycles. The number of allylic oxidation sites excluding steroid dienone is 2. The number of hydrogen-bond donors (Lipinski definition) is 3. The molecule has 0 aromatic carbocycles. The van der Waals surface area contributed by atoms with Crippen molar-refractivity contribution in [3.05, 3.63) is 27.8 Å². The van der Waals surface area contributed by atoms with Crippen LogP contribution in [0.15, 0.2) is 26.4 Å². The van der Waals surface area contributed by atoms with Crippen molar-refractivity contribution in [1.82, 2.24) is 9.88 Å². The first kappa shape index (κ1) is 19.4. The van der Waals surface area contributed by atoms with Crippen molar-refractivity contribution >= 4 is 46.3 Å². The summed E-state index contributed by atoms with van der Waals surface area (Å²) < 4.78 is 0.737. The molecule has 3 heterocycles. The van der Waals surface area contributed by atoms with Gasteiger partial charge in [0.1, 0.15) is 5.70 Å². The Morgan fingerprint density at radius 3 is 2.82 bits per heavy atom. The van der Waals surface area contributed by atoms with Crippen LogP contribution in [-0.2, 0) is 9.59 Å². The van der Waals surface area contributed by atoms with Crippen LogP contribution in [0.1, 0.15) is 38.8 Å². The van der Waals surface area contributed by atoms with Gasteiger partial charge in [0, 0.05) is 28.3 Å². The van der Waals surface area contributed by atoms with Gasteiger partial charge in [-0.05, 0) is 25.3 Å². The molecule has 4 unspecified atom stereocenters. The van der Waals surface area contributed by atoms with Crippen molar-refractivity contribution in [2.24, 2.45) is 11.8 Å². The van der Waals surface area contributed by atoms with E-state index >= 15 is 0 Å². The van der Waals surface area contributed by atoms with E-state index in [9.17, 15) is 19.8 Å². The standard InChI is InChI=1S/C19H21N3O4S2/c1-8-14-13(9(2)23)17(24)22(14)15(18(25)26)16(8)28-19-21-12(7-27-19)10-3-5-11(20)6-4-10/h3,7-9,13-14,20,23H,4-6H2,1-2H3,(H,25,26). The molecule has 3 N–H and O–H groups in total. The molecule has 0 bridgehead atoms. The summed E-state index contributed by atoms with van der Waals surface area (Å²) in [6.45, 7) is 3.48. The van der Waals surface area contributed by atoms with Gasteiger partial charge in [-0.1, -0.05) is 24.8 Å². The number of fused-ring (bicyclic) bond motifs is 1. The number of amides is 1. The fourth-order valence-electron chi connectivity index (χ4n) is 4.17. The fourth-order valence-corrected chi connectivity index (χ4v) is 6.28. The van der Waals surface area contributed by atoms with Crippen LogP contribution in [0.5, 0.6) is 0 Å². The summed E-state index contributed by atoms with van der Waals surface area (Å²) in [5.41, 5.74) is 2.75. The van der Waals surface area contributed by atoms with E-state index in [1.165, 1.54) is 28.0 Å². The molecule has 1 fully saturated rings. The van der Waals surface area contributed by atoms with Crippen molar-refractivity contribution in [3.63, 3.8) is 0 Å². The lowest BCUT2D eigenvalue weighted by molar-refractivity contribution is -0.163. The highest BCUT2D eigenvalue weighted by Gasteiger charge is 2.60. The third-order valence-electron chi connectivity index (χ3n) is 5.61. The van der Waals surface area contributed by atoms with Gasteiger partial charge in [0.05, 0.1) is 23.8 Å². The molecule has 148 valence electrons. The van der Waals surface area contributed by atoms with Crippen LogP contribution in [0.3, 0.4) is 0 Å². The molecule has 4 rings (SSSR count). The predicted molar refractivity (Wildman–Crippen MR) is 107 cm³/mol. The van der Waals surface area contributed by atoms with E-state index in [2.05, 4.69) is 4.98 Å². The number of carboxylic acid groups (broad SMARTS) is 1. The summed E-state index contributed by atoms with van der Waals surface area (Å²) in [5, 5.41) is 29.3. The van der Waals surface area contributed by atoms with E-state index in [1.54, 1.807) is 6.92 Å². The van der Waals surface area contributed by atoms with Crippen molar-refractivity contribution in [1.29, 1.82) is 5.41 Å². The number of β-lactam (4-membered cyclic amide) rings is 1. The van der Waals surface area contributed by atoms with E-state index in [-0.39, 0.29) is 23.6 Å². The zero-order chi connectivity index (χ0) is 20.2. The quantitative estimate of drug-likeness (QED) is 0.632. The number of nitrogens with zero attached hydrogens (tertiary/aromatic N) is 2. The van der Waals surface area contributed by atoms with Gasteiger partial charge >= 0.3 is 5.97 Å². The zero-order valence-electron chi connectivity index (χ0n) is 15.5. The summed E-state index contributed by atoms with van der Waals surface area (Å²) in [6.07, 6.45) is 3.43. The van der Waals surface area contributed by atoms with Crippen molar-refractivity contribution in [2.75, 3.05) is 0 Å². The number of aromatic nitrogens is 1. The Bertz CT molecular complexity index is 933. The highest BCUT2D eigenvalue weighted by Crippen LogP contribution is 2.52. The summed E-state index contributed by atoms with van der Waals surface area (Å²) in [7, 11) is 0. The second kappa shape index (κ2) is 7.13. The zero-order valence-corrected chi connectivity index (χ0v) is 17.1. The summed E-state index contributed by atoms with van der Waals surface area (Å²) in [6, 6.07) is -0.312. The molecule has 1 aliphatic carbocycles. The average molecular weight is 420 g/mol. The van der Waals surface area contributed by atoms with Gasteiger partial charge in [-0.15, -0.1) is 11.3 Å². The number of carbonyl (C=O) groups is 2. The number of carboxylic acids is 1. The summed E-state index contributed by atoms with van der Waals surface area (Å²) >= 11 is 2.76. The van der Waals surface area contributed by atoms with Crippen LogP contribution in [0, 0.1) is 17.2 Å². The topological polar surface area (TPSA) is 115 Å². The minimum atomic E-state index is -1.13. The van der Waals surface area contributed by atoms with Crippen LogP contribution < -0.4 is 0 Å². The molecular formula is C19H21N3O4S2. The Kier molecular flexibility index (Phi) is 4.93. The van der Waals surface area contributed by atoms with E-state index in [0.29, 0.717) is 11.3 Å². The van der Waals surface area contributed by atoms with Gasteiger partial charge in [-0.25, -0.2) is 9.78 Å². The van der Waals surface area contributed by atoms with Crippen LogP contribution in [0.2, 0.25) is 0 Å². The molecular weight excluding hydrogens is 398 g/mol.